The molecule has 0 aromatic carbocycles. The maximum atomic E-state index is 12.0. The Morgan fingerprint density at radius 2 is 2.18 bits per heavy atom. The first-order chi connectivity index (χ1) is 10.4. The predicted molar refractivity (Wildman–Crippen MR) is 89.0 cm³/mol. The molecule has 0 bridgehead atoms. The maximum Gasteiger partial charge on any atom is 0.315 e. The lowest BCUT2D eigenvalue weighted by molar-refractivity contribution is -0.0131. The fourth-order valence-corrected chi connectivity index (χ4v) is 3.81. The Bertz CT molecular complexity index is 495. The Labute approximate surface area is 136 Å². The first-order valence-corrected chi connectivity index (χ1v) is 8.95. The predicted octanol–water partition coefficient (Wildman–Crippen LogP) is 3.14. The minimum atomic E-state index is -0.835. The van der Waals surface area contributed by atoms with Gasteiger partial charge < -0.3 is 15.7 Å². The molecule has 0 spiro atoms. The van der Waals surface area contributed by atoms with E-state index in [0.717, 1.165) is 23.5 Å². The van der Waals surface area contributed by atoms with E-state index in [1.165, 1.54) is 19.3 Å². The van der Waals surface area contributed by atoms with E-state index in [0.29, 0.717) is 0 Å². The van der Waals surface area contributed by atoms with Gasteiger partial charge in [-0.1, -0.05) is 19.3 Å². The van der Waals surface area contributed by atoms with Gasteiger partial charge in [-0.15, -0.1) is 11.3 Å². The fraction of sp³-hybridized carbons (Fsp3) is 0.750. The van der Waals surface area contributed by atoms with Crippen molar-refractivity contribution in [2.45, 2.75) is 64.5 Å². The van der Waals surface area contributed by atoms with Gasteiger partial charge in [-0.3, -0.25) is 0 Å². The molecular formula is C16H27N3O2S. The first-order valence-electron chi connectivity index (χ1n) is 8.07. The normalized spacial score (nSPS) is 20.2. The van der Waals surface area contributed by atoms with Crippen LogP contribution in [-0.2, 0) is 0 Å². The second-order valence-corrected chi connectivity index (χ2v) is 7.46. The Balaban J connectivity index is 1.79. The molecule has 1 fully saturated rings. The number of nitrogens with zero attached hydrogens (tertiary/aromatic N) is 1. The number of carbonyl (C=O) groups excluding carboxylic acids is 1. The molecule has 2 rings (SSSR count). The molecule has 1 heterocycles. The average Bonchev–Trinajstić information content (AvgIpc) is 2.93. The zero-order valence-electron chi connectivity index (χ0n) is 13.7. The standard InChI is InChI=1S/C16H27N3O2S/c1-11-9-22-14(18-11)12(2)19-15(20)17-10-16(3,21)13-7-5-4-6-8-13/h9,12-13,21H,4-8,10H2,1-3H3,(H2,17,19,20). The summed E-state index contributed by atoms with van der Waals surface area (Å²) >= 11 is 1.54. The quantitative estimate of drug-likeness (QED) is 0.778. The Morgan fingerprint density at radius 3 is 2.77 bits per heavy atom. The molecular weight excluding hydrogens is 298 g/mol. The lowest BCUT2D eigenvalue weighted by atomic mass is 9.78. The van der Waals surface area contributed by atoms with Gasteiger partial charge in [0.25, 0.3) is 0 Å². The van der Waals surface area contributed by atoms with Crippen molar-refractivity contribution in [1.29, 1.82) is 0 Å². The van der Waals surface area contributed by atoms with E-state index in [-0.39, 0.29) is 24.5 Å². The van der Waals surface area contributed by atoms with Crippen LogP contribution in [0.1, 0.15) is 62.7 Å². The highest BCUT2D eigenvalue weighted by molar-refractivity contribution is 7.09. The summed E-state index contributed by atoms with van der Waals surface area (Å²) in [5, 5.41) is 19.1. The SMILES string of the molecule is Cc1csc(C(C)NC(=O)NCC(C)(O)C2CCCCC2)n1. The number of urea groups is 1. The van der Waals surface area contributed by atoms with Crippen molar-refractivity contribution >= 4 is 17.4 Å². The molecule has 22 heavy (non-hydrogen) atoms. The third-order valence-electron chi connectivity index (χ3n) is 4.45. The van der Waals surface area contributed by atoms with Gasteiger partial charge in [0.15, 0.2) is 0 Å². The van der Waals surface area contributed by atoms with Gasteiger partial charge in [0.2, 0.25) is 0 Å². The second-order valence-electron chi connectivity index (χ2n) is 6.57. The van der Waals surface area contributed by atoms with Crippen LogP contribution < -0.4 is 10.6 Å². The highest BCUT2D eigenvalue weighted by Gasteiger charge is 2.33. The molecule has 1 saturated carbocycles. The third-order valence-corrected chi connectivity index (χ3v) is 5.59. The van der Waals surface area contributed by atoms with E-state index in [9.17, 15) is 9.90 Å². The maximum absolute atomic E-state index is 12.0. The summed E-state index contributed by atoms with van der Waals surface area (Å²) in [6, 6.07) is -0.380. The van der Waals surface area contributed by atoms with Crippen LogP contribution in [0.25, 0.3) is 0 Å². The molecule has 1 aliphatic carbocycles. The number of aromatic nitrogens is 1. The van der Waals surface area contributed by atoms with Crippen molar-refractivity contribution < 1.29 is 9.90 Å². The van der Waals surface area contributed by atoms with Crippen molar-refractivity contribution in [3.63, 3.8) is 0 Å². The van der Waals surface area contributed by atoms with Crippen LogP contribution in [0.3, 0.4) is 0 Å². The van der Waals surface area contributed by atoms with Crippen LogP contribution in [0.2, 0.25) is 0 Å². The smallest absolute Gasteiger partial charge is 0.315 e. The molecule has 2 amide bonds. The van der Waals surface area contributed by atoms with Gasteiger partial charge in [-0.25, -0.2) is 9.78 Å². The summed E-state index contributed by atoms with van der Waals surface area (Å²) in [5.41, 5.74) is 0.132. The van der Waals surface area contributed by atoms with Gasteiger partial charge in [0, 0.05) is 17.6 Å². The lowest BCUT2D eigenvalue weighted by Crippen LogP contribution is -2.49. The number of aryl methyl sites for hydroxylation is 1. The van der Waals surface area contributed by atoms with Crippen LogP contribution in [0.4, 0.5) is 4.79 Å². The van der Waals surface area contributed by atoms with Crippen LogP contribution in [0.15, 0.2) is 5.38 Å². The van der Waals surface area contributed by atoms with E-state index in [4.69, 9.17) is 0 Å². The molecule has 2 atom stereocenters. The number of hydrogen-bond donors (Lipinski definition) is 3. The topological polar surface area (TPSA) is 74.2 Å². The van der Waals surface area contributed by atoms with Gasteiger partial charge in [0.1, 0.15) is 5.01 Å². The monoisotopic (exact) mass is 325 g/mol. The van der Waals surface area contributed by atoms with Crippen LogP contribution >= 0.6 is 11.3 Å². The molecule has 124 valence electrons. The molecule has 0 saturated heterocycles. The second kappa shape index (κ2) is 7.42. The zero-order valence-corrected chi connectivity index (χ0v) is 14.5. The zero-order chi connectivity index (χ0) is 16.2. The van der Waals surface area contributed by atoms with Gasteiger partial charge >= 0.3 is 6.03 Å². The summed E-state index contributed by atoms with van der Waals surface area (Å²) in [4.78, 5) is 16.4. The molecule has 6 heteroatoms. The van der Waals surface area contributed by atoms with Crippen LogP contribution in [0.5, 0.6) is 0 Å². The van der Waals surface area contributed by atoms with Crippen molar-refractivity contribution in [2.75, 3.05) is 6.54 Å². The Hall–Kier alpha value is -1.14. The summed E-state index contributed by atoms with van der Waals surface area (Å²) in [6.45, 7) is 5.97. The molecule has 3 N–H and O–H groups in total. The molecule has 1 aromatic rings. The molecule has 0 aliphatic heterocycles. The lowest BCUT2D eigenvalue weighted by Gasteiger charge is -2.35. The summed E-state index contributed by atoms with van der Waals surface area (Å²) < 4.78 is 0. The number of amides is 2. The highest BCUT2D eigenvalue weighted by Crippen LogP contribution is 2.32. The largest absolute Gasteiger partial charge is 0.388 e. The molecule has 0 radical (unpaired) electrons. The van der Waals surface area contributed by atoms with Crippen molar-refractivity contribution in [2.24, 2.45) is 5.92 Å². The summed E-state index contributed by atoms with van der Waals surface area (Å²) in [7, 11) is 0. The third kappa shape index (κ3) is 4.68. The number of nitrogens with one attached hydrogen (secondary N) is 2. The number of rotatable bonds is 5. The van der Waals surface area contributed by atoms with Crippen molar-refractivity contribution in [3.8, 4) is 0 Å². The Morgan fingerprint density at radius 1 is 1.50 bits per heavy atom. The number of thiazole rings is 1. The highest BCUT2D eigenvalue weighted by atomic mass is 32.1. The van der Waals surface area contributed by atoms with Crippen LogP contribution in [-0.4, -0.2) is 28.3 Å². The summed E-state index contributed by atoms with van der Waals surface area (Å²) in [5.74, 6) is 0.278. The average molecular weight is 325 g/mol. The van der Waals surface area contributed by atoms with E-state index in [1.54, 1.807) is 11.3 Å². The van der Waals surface area contributed by atoms with E-state index in [1.807, 2.05) is 26.2 Å². The van der Waals surface area contributed by atoms with Crippen LogP contribution in [0, 0.1) is 12.8 Å². The summed E-state index contributed by atoms with van der Waals surface area (Å²) in [6.07, 6.45) is 5.70. The van der Waals surface area contributed by atoms with Crippen molar-refractivity contribution in [1.82, 2.24) is 15.6 Å². The number of aliphatic hydroxyl groups is 1. The minimum Gasteiger partial charge on any atom is -0.388 e. The molecule has 5 nitrogen and oxygen atoms in total. The molecule has 2 unspecified atom stereocenters. The van der Waals surface area contributed by atoms with Crippen molar-refractivity contribution in [3.05, 3.63) is 16.1 Å². The molecule has 1 aromatic heterocycles. The first kappa shape index (κ1) is 17.2. The number of hydrogen-bond acceptors (Lipinski definition) is 4. The fourth-order valence-electron chi connectivity index (χ4n) is 3.01. The molecule has 1 aliphatic rings. The van der Waals surface area contributed by atoms with E-state index < -0.39 is 5.60 Å². The van der Waals surface area contributed by atoms with Gasteiger partial charge in [-0.2, -0.15) is 0 Å². The van der Waals surface area contributed by atoms with E-state index in [2.05, 4.69) is 15.6 Å². The minimum absolute atomic E-state index is 0.127. The van der Waals surface area contributed by atoms with Gasteiger partial charge in [-0.05, 0) is 39.5 Å². The Kier molecular flexibility index (Phi) is 5.81. The van der Waals surface area contributed by atoms with Gasteiger partial charge in [0.05, 0.1) is 11.6 Å². The van der Waals surface area contributed by atoms with E-state index >= 15 is 0 Å². The number of carbonyl (C=O) groups is 1.